The van der Waals surface area contributed by atoms with Crippen molar-refractivity contribution in [3.05, 3.63) is 24.3 Å². The summed E-state index contributed by atoms with van der Waals surface area (Å²) in [5.41, 5.74) is 1.95. The van der Waals surface area contributed by atoms with Crippen molar-refractivity contribution >= 4 is 0 Å². The molecule has 0 aromatic carbocycles. The molecule has 0 amide bonds. The van der Waals surface area contributed by atoms with Gasteiger partial charge in [-0.05, 0) is 72.2 Å². The maximum Gasteiger partial charge on any atom is 0.0594 e. The maximum atomic E-state index is 10.5. The van der Waals surface area contributed by atoms with Gasteiger partial charge in [-0.1, -0.05) is 46.4 Å². The summed E-state index contributed by atoms with van der Waals surface area (Å²) in [6.07, 6.45) is 10.4. The van der Waals surface area contributed by atoms with Gasteiger partial charge in [0, 0.05) is 0 Å². The third-order valence-corrected chi connectivity index (χ3v) is 7.67. The van der Waals surface area contributed by atoms with Crippen LogP contribution in [0.15, 0.2) is 24.3 Å². The molecule has 0 radical (unpaired) electrons. The van der Waals surface area contributed by atoms with Gasteiger partial charge >= 0.3 is 0 Å². The van der Waals surface area contributed by atoms with Crippen LogP contribution in [0.3, 0.4) is 0 Å². The van der Waals surface area contributed by atoms with Gasteiger partial charge in [-0.3, -0.25) is 0 Å². The third kappa shape index (κ3) is 2.07. The summed E-state index contributed by atoms with van der Waals surface area (Å²) in [6.45, 7) is 13.5. The lowest BCUT2D eigenvalue weighted by Crippen LogP contribution is -2.57. The van der Waals surface area contributed by atoms with Crippen molar-refractivity contribution < 1.29 is 5.11 Å². The lowest BCUT2D eigenvalue weighted by atomic mass is 9.43. The van der Waals surface area contributed by atoms with Crippen LogP contribution in [-0.2, 0) is 0 Å². The summed E-state index contributed by atoms with van der Waals surface area (Å²) in [4.78, 5) is 0. The fourth-order valence-corrected chi connectivity index (χ4v) is 6.28. The number of rotatable bonds is 1. The number of allylic oxidation sites excluding steroid dienone is 3. The highest BCUT2D eigenvalue weighted by Gasteiger charge is 2.58. The molecule has 2 saturated carbocycles. The Balaban J connectivity index is 1.96. The second-order valence-corrected chi connectivity index (χ2v) is 8.71. The van der Waals surface area contributed by atoms with E-state index in [9.17, 15) is 5.11 Å². The Bertz CT molecular complexity index is 460. The van der Waals surface area contributed by atoms with Crippen LogP contribution in [-0.4, -0.2) is 11.2 Å². The van der Waals surface area contributed by atoms with E-state index in [0.717, 1.165) is 18.3 Å². The molecule has 0 aromatic rings. The second kappa shape index (κ2) is 4.98. The van der Waals surface area contributed by atoms with Crippen LogP contribution in [0.25, 0.3) is 0 Å². The molecule has 6 atom stereocenters. The molecule has 0 unspecified atom stereocenters. The van der Waals surface area contributed by atoms with E-state index < -0.39 is 0 Å². The SMILES string of the molecule is C=CC1=CC[C@@H]2[C@H](CC[C@@H]3C(C)(C)[C@H](O)CC[C@@]23C)[C@@H]1C. The van der Waals surface area contributed by atoms with Crippen LogP contribution >= 0.6 is 0 Å². The van der Waals surface area contributed by atoms with Gasteiger partial charge in [-0.2, -0.15) is 0 Å². The zero-order valence-corrected chi connectivity index (χ0v) is 14.2. The molecule has 0 spiro atoms. The summed E-state index contributed by atoms with van der Waals surface area (Å²) in [5, 5.41) is 10.5. The first kappa shape index (κ1) is 15.3. The molecule has 3 aliphatic carbocycles. The second-order valence-electron chi connectivity index (χ2n) is 8.71. The highest BCUT2D eigenvalue weighted by molar-refractivity contribution is 5.25. The van der Waals surface area contributed by atoms with Gasteiger partial charge in [0.2, 0.25) is 0 Å². The van der Waals surface area contributed by atoms with Gasteiger partial charge in [0.25, 0.3) is 0 Å². The van der Waals surface area contributed by atoms with E-state index in [-0.39, 0.29) is 11.5 Å². The molecule has 0 aliphatic heterocycles. The molecule has 1 heteroatoms. The van der Waals surface area contributed by atoms with E-state index in [0.29, 0.717) is 17.3 Å². The Kier molecular flexibility index (Phi) is 3.64. The van der Waals surface area contributed by atoms with Gasteiger partial charge in [-0.25, -0.2) is 0 Å². The van der Waals surface area contributed by atoms with E-state index in [2.05, 4.69) is 46.4 Å². The monoisotopic (exact) mass is 288 g/mol. The quantitative estimate of drug-likeness (QED) is 0.722. The van der Waals surface area contributed by atoms with E-state index in [1.165, 1.54) is 31.3 Å². The normalized spacial score (nSPS) is 48.8. The Morgan fingerprint density at radius 3 is 2.62 bits per heavy atom. The average Bonchev–Trinajstić information content (AvgIpc) is 2.44. The fourth-order valence-electron chi connectivity index (χ4n) is 6.28. The Morgan fingerprint density at radius 2 is 1.95 bits per heavy atom. The molecule has 118 valence electrons. The van der Waals surface area contributed by atoms with E-state index in [1.54, 1.807) is 0 Å². The number of fused-ring (bicyclic) bond motifs is 3. The molecule has 3 rings (SSSR count). The number of hydrogen-bond donors (Lipinski definition) is 1. The van der Waals surface area contributed by atoms with Crippen molar-refractivity contribution in [1.82, 2.24) is 0 Å². The zero-order chi connectivity index (χ0) is 15.4. The first-order valence-electron chi connectivity index (χ1n) is 8.83. The minimum Gasteiger partial charge on any atom is -0.393 e. The van der Waals surface area contributed by atoms with E-state index >= 15 is 0 Å². The molecule has 0 saturated heterocycles. The Morgan fingerprint density at radius 1 is 1.24 bits per heavy atom. The lowest BCUT2D eigenvalue weighted by molar-refractivity contribution is -0.155. The van der Waals surface area contributed by atoms with Gasteiger partial charge in [0.05, 0.1) is 6.10 Å². The number of aliphatic hydroxyl groups is 1. The molecule has 0 aromatic heterocycles. The minimum absolute atomic E-state index is 0.0731. The summed E-state index contributed by atoms with van der Waals surface area (Å²) < 4.78 is 0. The van der Waals surface area contributed by atoms with Crippen LogP contribution in [0, 0.1) is 34.5 Å². The van der Waals surface area contributed by atoms with Crippen LogP contribution in [0.4, 0.5) is 0 Å². The van der Waals surface area contributed by atoms with Crippen LogP contribution in [0.1, 0.15) is 59.8 Å². The predicted molar refractivity (Wildman–Crippen MR) is 88.9 cm³/mol. The maximum absolute atomic E-state index is 10.5. The standard InChI is InChI=1S/C20H32O/c1-6-14-7-9-16-15(13(14)2)8-10-17-19(3,4)18(21)11-12-20(16,17)5/h6-7,13,15-18,21H,1,8-12H2,2-5H3/t13-,15-,16-,17-,18-,20+/m1/s1. The average molecular weight is 288 g/mol. The van der Waals surface area contributed by atoms with Gasteiger partial charge in [0.1, 0.15) is 0 Å². The van der Waals surface area contributed by atoms with Gasteiger partial charge < -0.3 is 5.11 Å². The Hall–Kier alpha value is -0.560. The minimum atomic E-state index is -0.118. The first-order chi connectivity index (χ1) is 9.82. The smallest absolute Gasteiger partial charge is 0.0594 e. The Labute approximate surface area is 130 Å². The highest BCUT2D eigenvalue weighted by Crippen LogP contribution is 2.64. The first-order valence-corrected chi connectivity index (χ1v) is 8.83. The molecule has 21 heavy (non-hydrogen) atoms. The van der Waals surface area contributed by atoms with Crippen LogP contribution < -0.4 is 0 Å². The van der Waals surface area contributed by atoms with E-state index in [4.69, 9.17) is 0 Å². The lowest BCUT2D eigenvalue weighted by Gasteiger charge is -2.62. The highest BCUT2D eigenvalue weighted by atomic mass is 16.3. The zero-order valence-electron chi connectivity index (χ0n) is 14.2. The predicted octanol–water partition coefficient (Wildman–Crippen LogP) is 4.97. The number of hydrogen-bond acceptors (Lipinski definition) is 1. The largest absolute Gasteiger partial charge is 0.393 e. The van der Waals surface area contributed by atoms with Crippen molar-refractivity contribution in [2.24, 2.45) is 34.5 Å². The van der Waals surface area contributed by atoms with Crippen LogP contribution in [0.2, 0.25) is 0 Å². The molecule has 1 nitrogen and oxygen atoms in total. The topological polar surface area (TPSA) is 20.2 Å². The summed E-state index contributed by atoms with van der Waals surface area (Å²) in [6, 6.07) is 0. The molecular weight excluding hydrogens is 256 g/mol. The number of aliphatic hydroxyl groups excluding tert-OH is 1. The van der Waals surface area contributed by atoms with Crippen molar-refractivity contribution in [3.8, 4) is 0 Å². The van der Waals surface area contributed by atoms with Crippen molar-refractivity contribution in [2.45, 2.75) is 65.9 Å². The molecule has 1 N–H and O–H groups in total. The van der Waals surface area contributed by atoms with Gasteiger partial charge in [0.15, 0.2) is 0 Å². The molecule has 0 heterocycles. The summed E-state index contributed by atoms with van der Waals surface area (Å²) in [7, 11) is 0. The van der Waals surface area contributed by atoms with Crippen molar-refractivity contribution in [1.29, 1.82) is 0 Å². The van der Waals surface area contributed by atoms with Gasteiger partial charge in [-0.15, -0.1) is 0 Å². The molecule has 2 fully saturated rings. The molecule has 0 bridgehead atoms. The molecular formula is C20H32O. The third-order valence-electron chi connectivity index (χ3n) is 7.67. The fraction of sp³-hybridized carbons (Fsp3) is 0.800. The molecule has 3 aliphatic rings. The van der Waals surface area contributed by atoms with Crippen LogP contribution in [0.5, 0.6) is 0 Å². The summed E-state index contributed by atoms with van der Waals surface area (Å²) in [5.74, 6) is 2.94. The van der Waals surface area contributed by atoms with E-state index in [1.807, 2.05) is 0 Å². The van der Waals surface area contributed by atoms with Crippen molar-refractivity contribution in [3.63, 3.8) is 0 Å². The van der Waals surface area contributed by atoms with Crippen molar-refractivity contribution in [2.75, 3.05) is 0 Å². The summed E-state index contributed by atoms with van der Waals surface area (Å²) >= 11 is 0.